The van der Waals surface area contributed by atoms with Crippen LogP contribution >= 0.6 is 0 Å². The number of aryl methyl sites for hydroxylation is 1. The largest absolute Gasteiger partial charge is 0.465 e. The molecule has 1 amide bonds. The maximum absolute atomic E-state index is 12.2. The first-order valence-electron chi connectivity index (χ1n) is 9.00. The summed E-state index contributed by atoms with van der Waals surface area (Å²) in [5.74, 6) is 0.308. The van der Waals surface area contributed by atoms with E-state index in [4.69, 9.17) is 9.72 Å². The van der Waals surface area contributed by atoms with Gasteiger partial charge in [-0.25, -0.2) is 9.97 Å². The molecule has 0 radical (unpaired) electrons. The molecule has 1 aliphatic rings. The highest BCUT2D eigenvalue weighted by atomic mass is 16.5. The van der Waals surface area contributed by atoms with Gasteiger partial charge in [-0.15, -0.1) is 0 Å². The number of carbonyl (C=O) groups is 2. The Labute approximate surface area is 152 Å². The number of rotatable bonds is 5. The molecule has 1 fully saturated rings. The number of para-hydroxylation sites is 2. The van der Waals surface area contributed by atoms with Gasteiger partial charge in [0.15, 0.2) is 5.82 Å². The van der Waals surface area contributed by atoms with Crippen molar-refractivity contribution >= 4 is 28.7 Å². The van der Waals surface area contributed by atoms with Crippen LogP contribution in [0.4, 0.5) is 5.82 Å². The summed E-state index contributed by atoms with van der Waals surface area (Å²) in [6.45, 7) is 5.44. The minimum Gasteiger partial charge on any atom is -0.465 e. The highest BCUT2D eigenvalue weighted by Crippen LogP contribution is 2.25. The summed E-state index contributed by atoms with van der Waals surface area (Å²) in [6, 6.07) is 7.83. The van der Waals surface area contributed by atoms with Crippen molar-refractivity contribution in [3.05, 3.63) is 30.0 Å². The number of aromatic nitrogens is 2. The molecule has 0 aliphatic carbocycles. The number of carbonyl (C=O) groups excluding carboxylic acids is 2. The number of nitrogens with zero attached hydrogens (tertiary/aromatic N) is 3. The molecule has 3 rings (SSSR count). The summed E-state index contributed by atoms with van der Waals surface area (Å²) >= 11 is 0. The Kier molecular flexibility index (Phi) is 5.65. The van der Waals surface area contributed by atoms with E-state index in [1.165, 1.54) is 0 Å². The summed E-state index contributed by atoms with van der Waals surface area (Å²) in [5, 5.41) is 2.67. The van der Waals surface area contributed by atoms with Crippen LogP contribution in [0.5, 0.6) is 0 Å². The Bertz CT molecular complexity index is 800. The summed E-state index contributed by atoms with van der Waals surface area (Å²) in [7, 11) is 0. The zero-order valence-corrected chi connectivity index (χ0v) is 15.2. The van der Waals surface area contributed by atoms with Crippen LogP contribution in [0.25, 0.3) is 11.0 Å². The predicted molar refractivity (Wildman–Crippen MR) is 98.9 cm³/mol. The van der Waals surface area contributed by atoms with Crippen molar-refractivity contribution in [2.45, 2.75) is 26.7 Å². The molecular formula is C19H24N4O3. The number of nitrogens with one attached hydrogen (secondary N) is 1. The molecule has 2 aromatic rings. The van der Waals surface area contributed by atoms with Gasteiger partial charge in [0.2, 0.25) is 5.91 Å². The zero-order chi connectivity index (χ0) is 18.5. The van der Waals surface area contributed by atoms with Gasteiger partial charge in [0.1, 0.15) is 6.54 Å². The van der Waals surface area contributed by atoms with Crippen molar-refractivity contribution in [3.63, 3.8) is 0 Å². The molecule has 7 nitrogen and oxygen atoms in total. The predicted octanol–water partition coefficient (Wildman–Crippen LogP) is 1.83. The van der Waals surface area contributed by atoms with Gasteiger partial charge < -0.3 is 15.0 Å². The van der Waals surface area contributed by atoms with E-state index in [1.807, 2.05) is 31.2 Å². The second-order valence-electron chi connectivity index (χ2n) is 6.41. The van der Waals surface area contributed by atoms with Crippen molar-refractivity contribution in [1.29, 1.82) is 0 Å². The molecule has 1 saturated heterocycles. The molecule has 2 heterocycles. The fourth-order valence-electron chi connectivity index (χ4n) is 3.25. The molecule has 1 aromatic heterocycles. The van der Waals surface area contributed by atoms with E-state index in [0.717, 1.165) is 48.5 Å². The number of piperidine rings is 1. The number of benzene rings is 1. The Morgan fingerprint density at radius 1 is 1.19 bits per heavy atom. The van der Waals surface area contributed by atoms with Gasteiger partial charge in [-0.05, 0) is 38.8 Å². The van der Waals surface area contributed by atoms with E-state index < -0.39 is 5.97 Å². The van der Waals surface area contributed by atoms with Crippen LogP contribution in [0.2, 0.25) is 0 Å². The lowest BCUT2D eigenvalue weighted by Crippen LogP contribution is -2.42. The van der Waals surface area contributed by atoms with E-state index in [1.54, 1.807) is 6.92 Å². The fourth-order valence-corrected chi connectivity index (χ4v) is 3.25. The van der Waals surface area contributed by atoms with Crippen LogP contribution in [-0.2, 0) is 14.3 Å². The Hall–Kier alpha value is -2.70. The first-order valence-corrected chi connectivity index (χ1v) is 9.00. The minimum atomic E-state index is -0.402. The Morgan fingerprint density at radius 2 is 1.85 bits per heavy atom. The van der Waals surface area contributed by atoms with Crippen LogP contribution < -0.4 is 10.2 Å². The molecule has 0 unspecified atom stereocenters. The van der Waals surface area contributed by atoms with E-state index in [2.05, 4.69) is 15.2 Å². The van der Waals surface area contributed by atoms with E-state index in [-0.39, 0.29) is 18.4 Å². The minimum absolute atomic E-state index is 0.0673. The second-order valence-corrected chi connectivity index (χ2v) is 6.41. The number of esters is 1. The molecule has 0 saturated carbocycles. The van der Waals surface area contributed by atoms with Gasteiger partial charge in [0, 0.05) is 19.0 Å². The molecular weight excluding hydrogens is 332 g/mol. The first kappa shape index (κ1) is 18.1. The van der Waals surface area contributed by atoms with E-state index in [9.17, 15) is 9.59 Å². The van der Waals surface area contributed by atoms with Crippen LogP contribution in [0.1, 0.15) is 25.5 Å². The van der Waals surface area contributed by atoms with E-state index in [0.29, 0.717) is 6.61 Å². The van der Waals surface area contributed by atoms with Gasteiger partial charge in [0.05, 0.1) is 23.3 Å². The third-order valence-corrected chi connectivity index (χ3v) is 4.60. The van der Waals surface area contributed by atoms with Crippen molar-refractivity contribution < 1.29 is 14.3 Å². The molecule has 0 bridgehead atoms. The van der Waals surface area contributed by atoms with Gasteiger partial charge in [-0.1, -0.05) is 12.1 Å². The van der Waals surface area contributed by atoms with Gasteiger partial charge in [-0.2, -0.15) is 0 Å². The summed E-state index contributed by atoms with van der Waals surface area (Å²) in [5.41, 5.74) is 2.67. The smallest absolute Gasteiger partial charge is 0.325 e. The number of fused-ring (bicyclic) bond motifs is 1. The van der Waals surface area contributed by atoms with Gasteiger partial charge >= 0.3 is 5.97 Å². The molecule has 1 aromatic carbocycles. The lowest BCUT2D eigenvalue weighted by molar-refractivity contribution is -0.143. The molecule has 0 spiro atoms. The normalized spacial score (nSPS) is 15.1. The van der Waals surface area contributed by atoms with Crippen LogP contribution in [0.3, 0.4) is 0 Å². The number of amides is 1. The number of hydrogen-bond acceptors (Lipinski definition) is 6. The molecule has 138 valence electrons. The van der Waals surface area contributed by atoms with Crippen molar-refractivity contribution in [1.82, 2.24) is 15.3 Å². The Morgan fingerprint density at radius 3 is 2.50 bits per heavy atom. The van der Waals surface area contributed by atoms with Crippen molar-refractivity contribution in [2.24, 2.45) is 5.92 Å². The zero-order valence-electron chi connectivity index (χ0n) is 15.2. The summed E-state index contributed by atoms with van der Waals surface area (Å²) in [4.78, 5) is 35.1. The summed E-state index contributed by atoms with van der Waals surface area (Å²) in [6.07, 6.45) is 1.45. The number of hydrogen-bond donors (Lipinski definition) is 1. The number of anilines is 1. The van der Waals surface area contributed by atoms with Crippen LogP contribution in [-0.4, -0.2) is 48.1 Å². The maximum atomic E-state index is 12.2. The Balaban J connectivity index is 1.59. The lowest BCUT2D eigenvalue weighted by Gasteiger charge is -2.32. The topological polar surface area (TPSA) is 84.4 Å². The van der Waals surface area contributed by atoms with E-state index >= 15 is 0 Å². The standard InChI is InChI=1S/C19H24N4O3/c1-3-26-17(24)12-20-19(25)14-8-10-23(11-9-14)18-13(2)21-15-6-4-5-7-16(15)22-18/h4-7,14H,3,8-12H2,1-2H3,(H,20,25). The van der Waals surface area contributed by atoms with Crippen molar-refractivity contribution in [2.75, 3.05) is 31.1 Å². The third-order valence-electron chi connectivity index (χ3n) is 4.60. The quantitative estimate of drug-likeness (QED) is 0.823. The average molecular weight is 356 g/mol. The second kappa shape index (κ2) is 8.12. The highest BCUT2D eigenvalue weighted by Gasteiger charge is 2.27. The van der Waals surface area contributed by atoms with Crippen LogP contribution in [0, 0.1) is 12.8 Å². The molecule has 1 aliphatic heterocycles. The van der Waals surface area contributed by atoms with Gasteiger partial charge in [-0.3, -0.25) is 9.59 Å². The summed E-state index contributed by atoms with van der Waals surface area (Å²) < 4.78 is 4.83. The molecule has 1 N–H and O–H groups in total. The molecule has 26 heavy (non-hydrogen) atoms. The third kappa shape index (κ3) is 4.09. The van der Waals surface area contributed by atoms with Gasteiger partial charge in [0.25, 0.3) is 0 Å². The lowest BCUT2D eigenvalue weighted by atomic mass is 9.96. The van der Waals surface area contributed by atoms with Crippen LogP contribution in [0.15, 0.2) is 24.3 Å². The average Bonchev–Trinajstić information content (AvgIpc) is 2.66. The molecule has 0 atom stereocenters. The monoisotopic (exact) mass is 356 g/mol. The first-order chi connectivity index (χ1) is 12.6. The highest BCUT2D eigenvalue weighted by molar-refractivity contribution is 5.83. The SMILES string of the molecule is CCOC(=O)CNC(=O)C1CCN(c2nc3ccccc3nc2C)CC1. The fraction of sp³-hybridized carbons (Fsp3) is 0.474. The molecule has 7 heteroatoms. The number of ether oxygens (including phenoxy) is 1. The van der Waals surface area contributed by atoms with Crippen molar-refractivity contribution in [3.8, 4) is 0 Å². The maximum Gasteiger partial charge on any atom is 0.325 e.